The van der Waals surface area contributed by atoms with Crippen LogP contribution in [0.3, 0.4) is 0 Å². The fourth-order valence-corrected chi connectivity index (χ4v) is 1.81. The Morgan fingerprint density at radius 3 is 2.62 bits per heavy atom. The Morgan fingerprint density at radius 1 is 1.31 bits per heavy atom. The number of alkyl halides is 2. The third-order valence-corrected chi connectivity index (χ3v) is 2.86. The van der Waals surface area contributed by atoms with Crippen molar-refractivity contribution in [2.45, 2.75) is 45.1 Å². The van der Waals surface area contributed by atoms with Crippen molar-refractivity contribution in [2.24, 2.45) is 0 Å². The quantitative estimate of drug-likeness (QED) is 0.455. The molecule has 0 aliphatic rings. The maximum atomic E-state index is 5.55. The summed E-state index contributed by atoms with van der Waals surface area (Å²) >= 11 is 8.99. The van der Waals surface area contributed by atoms with Crippen molar-refractivity contribution >= 4 is 27.5 Å². The minimum atomic E-state index is 0.357. The summed E-state index contributed by atoms with van der Waals surface area (Å²) in [6.07, 6.45) is 6.74. The molecule has 0 fully saturated rings. The molecule has 0 N–H and O–H groups in total. The van der Waals surface area contributed by atoms with E-state index in [2.05, 4.69) is 22.9 Å². The van der Waals surface area contributed by atoms with Gasteiger partial charge in [-0.1, -0.05) is 48.5 Å². The van der Waals surface area contributed by atoms with E-state index in [0.717, 1.165) is 11.8 Å². The molecule has 80 valence electrons. The smallest absolute Gasteiger partial charge is 0.0672 e. The van der Waals surface area contributed by atoms with Gasteiger partial charge < -0.3 is 4.74 Å². The Labute approximate surface area is 95.3 Å². The van der Waals surface area contributed by atoms with Crippen LogP contribution in [-0.4, -0.2) is 23.9 Å². The molecule has 0 aromatic rings. The summed E-state index contributed by atoms with van der Waals surface area (Å²) in [5.41, 5.74) is 0. The van der Waals surface area contributed by atoms with Crippen LogP contribution < -0.4 is 0 Å². The molecule has 1 unspecified atom stereocenters. The molecule has 0 aromatic heterocycles. The molecule has 0 aliphatic carbocycles. The maximum absolute atomic E-state index is 5.55. The van der Waals surface area contributed by atoms with Crippen LogP contribution in [0.1, 0.15) is 39.0 Å². The molecule has 0 heterocycles. The third-order valence-electron chi connectivity index (χ3n) is 1.98. The third kappa shape index (κ3) is 9.04. The van der Waals surface area contributed by atoms with E-state index in [0.29, 0.717) is 18.6 Å². The largest absolute Gasteiger partial charge is 0.376 e. The fourth-order valence-electron chi connectivity index (χ4n) is 1.22. The van der Waals surface area contributed by atoms with Crippen LogP contribution in [0.5, 0.6) is 0 Å². The zero-order chi connectivity index (χ0) is 9.94. The lowest BCUT2D eigenvalue weighted by Gasteiger charge is -2.13. The number of ether oxygens (including phenoxy) is 1. The first kappa shape index (κ1) is 13.7. The van der Waals surface area contributed by atoms with E-state index in [1.807, 2.05) is 0 Å². The van der Waals surface area contributed by atoms with Gasteiger partial charge in [-0.05, 0) is 6.42 Å². The Hall–Kier alpha value is 0.730. The molecule has 0 spiro atoms. The van der Waals surface area contributed by atoms with E-state index in [-0.39, 0.29) is 0 Å². The first-order chi connectivity index (χ1) is 6.35. The summed E-state index contributed by atoms with van der Waals surface area (Å²) in [6.45, 7) is 2.90. The minimum Gasteiger partial charge on any atom is -0.376 e. The van der Waals surface area contributed by atoms with E-state index in [4.69, 9.17) is 16.3 Å². The molecule has 1 atom stereocenters. The molecule has 0 amide bonds. The lowest BCUT2D eigenvalue weighted by atomic mass is 10.1. The molecule has 0 saturated heterocycles. The van der Waals surface area contributed by atoms with Gasteiger partial charge in [-0.3, -0.25) is 0 Å². The molecular formula is C10H20BrClO. The van der Waals surface area contributed by atoms with Crippen molar-refractivity contribution in [3.63, 3.8) is 0 Å². The summed E-state index contributed by atoms with van der Waals surface area (Å²) < 4.78 is 5.54. The first-order valence-corrected chi connectivity index (χ1v) is 6.74. The van der Waals surface area contributed by atoms with E-state index in [9.17, 15) is 0 Å². The van der Waals surface area contributed by atoms with Crippen LogP contribution in [0.2, 0.25) is 0 Å². The van der Waals surface area contributed by atoms with Crippen LogP contribution in [0.15, 0.2) is 0 Å². The van der Waals surface area contributed by atoms with Crippen LogP contribution >= 0.6 is 27.5 Å². The predicted octanol–water partition coefficient (Wildman–Crippen LogP) is 3.98. The zero-order valence-electron chi connectivity index (χ0n) is 8.40. The van der Waals surface area contributed by atoms with Crippen LogP contribution in [0, 0.1) is 0 Å². The van der Waals surface area contributed by atoms with E-state index >= 15 is 0 Å². The summed E-state index contributed by atoms with van der Waals surface area (Å²) in [5.74, 6) is 0.596. The highest BCUT2D eigenvalue weighted by Crippen LogP contribution is 2.10. The highest BCUT2D eigenvalue weighted by molar-refractivity contribution is 9.09. The highest BCUT2D eigenvalue weighted by atomic mass is 79.9. The van der Waals surface area contributed by atoms with Gasteiger partial charge in [0.25, 0.3) is 0 Å². The fraction of sp³-hybridized carbons (Fsp3) is 1.00. The van der Waals surface area contributed by atoms with E-state index in [1.165, 1.54) is 25.7 Å². The van der Waals surface area contributed by atoms with Gasteiger partial charge in [0.15, 0.2) is 0 Å². The van der Waals surface area contributed by atoms with E-state index in [1.54, 1.807) is 0 Å². The van der Waals surface area contributed by atoms with E-state index < -0.39 is 0 Å². The maximum Gasteiger partial charge on any atom is 0.0672 e. The van der Waals surface area contributed by atoms with Gasteiger partial charge in [-0.2, -0.15) is 0 Å². The standard InChI is InChI=1S/C10H20BrClO/c1-2-3-4-5-6-10(9-11)13-8-7-12/h10H,2-9H2,1H3. The van der Waals surface area contributed by atoms with Crippen molar-refractivity contribution in [2.75, 3.05) is 17.8 Å². The highest BCUT2D eigenvalue weighted by Gasteiger charge is 2.05. The Balaban J connectivity index is 3.25. The number of rotatable bonds is 9. The average molecular weight is 272 g/mol. The number of halogens is 2. The van der Waals surface area contributed by atoms with Crippen molar-refractivity contribution in [1.29, 1.82) is 0 Å². The SMILES string of the molecule is CCCCCCC(CBr)OCCCl. The van der Waals surface area contributed by atoms with Crippen LogP contribution in [0.4, 0.5) is 0 Å². The van der Waals surface area contributed by atoms with Gasteiger partial charge in [0, 0.05) is 11.2 Å². The Bertz CT molecular complexity index is 101. The van der Waals surface area contributed by atoms with Crippen LogP contribution in [-0.2, 0) is 4.74 Å². The number of hydrogen-bond donors (Lipinski definition) is 0. The van der Waals surface area contributed by atoms with Gasteiger partial charge in [-0.15, -0.1) is 11.6 Å². The molecule has 0 aromatic carbocycles. The second-order valence-corrected chi connectivity index (χ2v) is 4.21. The summed E-state index contributed by atoms with van der Waals surface area (Å²) in [4.78, 5) is 0. The zero-order valence-corrected chi connectivity index (χ0v) is 10.7. The molecular weight excluding hydrogens is 251 g/mol. The second-order valence-electron chi connectivity index (χ2n) is 3.19. The summed E-state index contributed by atoms with van der Waals surface area (Å²) in [5, 5.41) is 0.927. The molecule has 13 heavy (non-hydrogen) atoms. The normalized spacial score (nSPS) is 13.2. The molecule has 0 bridgehead atoms. The van der Waals surface area contributed by atoms with Gasteiger partial charge in [-0.25, -0.2) is 0 Å². The number of unbranched alkanes of at least 4 members (excludes halogenated alkanes) is 3. The molecule has 0 radical (unpaired) electrons. The Morgan fingerprint density at radius 2 is 2.08 bits per heavy atom. The Kier molecular flexibility index (Phi) is 11.4. The van der Waals surface area contributed by atoms with Crippen molar-refractivity contribution in [3.05, 3.63) is 0 Å². The number of hydrogen-bond acceptors (Lipinski definition) is 1. The van der Waals surface area contributed by atoms with Gasteiger partial charge >= 0.3 is 0 Å². The summed E-state index contributed by atoms with van der Waals surface area (Å²) in [6, 6.07) is 0. The van der Waals surface area contributed by atoms with Crippen molar-refractivity contribution in [3.8, 4) is 0 Å². The monoisotopic (exact) mass is 270 g/mol. The second kappa shape index (κ2) is 10.8. The first-order valence-electron chi connectivity index (χ1n) is 5.08. The molecule has 0 saturated carbocycles. The summed E-state index contributed by atoms with van der Waals surface area (Å²) in [7, 11) is 0. The molecule has 3 heteroatoms. The van der Waals surface area contributed by atoms with Crippen molar-refractivity contribution < 1.29 is 4.74 Å². The minimum absolute atomic E-state index is 0.357. The predicted molar refractivity (Wildman–Crippen MR) is 63.0 cm³/mol. The topological polar surface area (TPSA) is 9.23 Å². The average Bonchev–Trinajstić information content (AvgIpc) is 2.17. The lowest BCUT2D eigenvalue weighted by Crippen LogP contribution is -2.15. The molecule has 1 nitrogen and oxygen atoms in total. The van der Waals surface area contributed by atoms with Gasteiger partial charge in [0.2, 0.25) is 0 Å². The van der Waals surface area contributed by atoms with Crippen molar-refractivity contribution in [1.82, 2.24) is 0 Å². The lowest BCUT2D eigenvalue weighted by molar-refractivity contribution is 0.0739. The molecule has 0 rings (SSSR count). The molecule has 0 aliphatic heterocycles. The van der Waals surface area contributed by atoms with Gasteiger partial charge in [0.05, 0.1) is 12.7 Å². The van der Waals surface area contributed by atoms with Gasteiger partial charge in [0.1, 0.15) is 0 Å². The van der Waals surface area contributed by atoms with Crippen LogP contribution in [0.25, 0.3) is 0 Å².